The van der Waals surface area contributed by atoms with Gasteiger partial charge in [-0.05, 0) is 48.7 Å². The molecule has 0 aliphatic heterocycles. The van der Waals surface area contributed by atoms with Crippen LogP contribution in [0.15, 0.2) is 41.4 Å². The van der Waals surface area contributed by atoms with Crippen molar-refractivity contribution in [3.63, 3.8) is 0 Å². The molecule has 178 valence electrons. The average Bonchev–Trinajstić information content (AvgIpc) is 2.77. The molecule has 0 heterocycles. The van der Waals surface area contributed by atoms with Gasteiger partial charge in [-0.2, -0.15) is 8.78 Å². The number of ether oxygens (including phenoxy) is 4. The second kappa shape index (κ2) is 14.5. The van der Waals surface area contributed by atoms with Crippen LogP contribution in [-0.2, 0) is 13.0 Å². The van der Waals surface area contributed by atoms with Gasteiger partial charge in [-0.25, -0.2) is 4.99 Å². The number of aliphatic imine (C=N–C) groups is 1. The number of methoxy groups -OCH3 is 3. The number of rotatable bonds is 11. The highest BCUT2D eigenvalue weighted by molar-refractivity contribution is 14.0. The van der Waals surface area contributed by atoms with Crippen molar-refractivity contribution in [3.8, 4) is 23.0 Å². The molecule has 0 aliphatic carbocycles. The molecule has 0 saturated carbocycles. The Bertz CT molecular complexity index is 869. The molecule has 0 atom stereocenters. The van der Waals surface area contributed by atoms with Gasteiger partial charge in [0.05, 0.1) is 27.9 Å². The highest BCUT2D eigenvalue weighted by Gasteiger charge is 2.11. The first kappa shape index (κ1) is 27.5. The Morgan fingerprint density at radius 2 is 1.47 bits per heavy atom. The Morgan fingerprint density at radius 3 is 2.06 bits per heavy atom. The van der Waals surface area contributed by atoms with Gasteiger partial charge in [0.1, 0.15) is 0 Å². The van der Waals surface area contributed by atoms with E-state index in [1.165, 1.54) is 7.11 Å². The Labute approximate surface area is 204 Å². The minimum Gasteiger partial charge on any atom is -0.493 e. The third kappa shape index (κ3) is 8.56. The van der Waals surface area contributed by atoms with Gasteiger partial charge in [-0.15, -0.1) is 24.0 Å². The Morgan fingerprint density at radius 1 is 0.875 bits per heavy atom. The van der Waals surface area contributed by atoms with Crippen LogP contribution in [-0.4, -0.2) is 47.0 Å². The summed E-state index contributed by atoms with van der Waals surface area (Å²) in [5.41, 5.74) is 1.80. The van der Waals surface area contributed by atoms with E-state index in [9.17, 15) is 8.78 Å². The third-order valence-corrected chi connectivity index (χ3v) is 4.36. The lowest BCUT2D eigenvalue weighted by atomic mass is 10.1. The zero-order chi connectivity index (χ0) is 22.6. The number of benzene rings is 2. The molecular formula is C22H30F2IN3O4. The molecule has 2 rings (SSSR count). The summed E-state index contributed by atoms with van der Waals surface area (Å²) in [5, 5.41) is 6.43. The summed E-state index contributed by atoms with van der Waals surface area (Å²) in [6, 6.07) is 10.6. The maximum absolute atomic E-state index is 12.6. The van der Waals surface area contributed by atoms with Crippen LogP contribution in [0.5, 0.6) is 23.0 Å². The van der Waals surface area contributed by atoms with Gasteiger partial charge in [-0.1, -0.05) is 12.1 Å². The van der Waals surface area contributed by atoms with Crippen LogP contribution in [0.25, 0.3) is 0 Å². The summed E-state index contributed by atoms with van der Waals surface area (Å²) in [6.07, 6.45) is 0.588. The summed E-state index contributed by atoms with van der Waals surface area (Å²) < 4.78 is 45.4. The Hall–Kier alpha value is -2.50. The largest absolute Gasteiger partial charge is 0.493 e. The molecule has 32 heavy (non-hydrogen) atoms. The van der Waals surface area contributed by atoms with Gasteiger partial charge in [-0.3, -0.25) is 0 Å². The number of hydrogen-bond donors (Lipinski definition) is 2. The first-order chi connectivity index (χ1) is 15.0. The molecule has 2 aromatic carbocycles. The molecular weight excluding hydrogens is 535 g/mol. The maximum atomic E-state index is 12.6. The first-order valence-electron chi connectivity index (χ1n) is 9.85. The second-order valence-electron chi connectivity index (χ2n) is 6.42. The van der Waals surface area contributed by atoms with Crippen LogP contribution in [0.2, 0.25) is 0 Å². The molecule has 10 heteroatoms. The number of alkyl halides is 2. The highest BCUT2D eigenvalue weighted by Crippen LogP contribution is 2.30. The van der Waals surface area contributed by atoms with Gasteiger partial charge in [0.15, 0.2) is 29.0 Å². The van der Waals surface area contributed by atoms with E-state index in [0.717, 1.165) is 11.1 Å². The molecule has 0 saturated heterocycles. The fourth-order valence-electron chi connectivity index (χ4n) is 2.88. The molecule has 0 radical (unpaired) electrons. The van der Waals surface area contributed by atoms with Gasteiger partial charge in [0.2, 0.25) is 0 Å². The number of halogens is 3. The molecule has 2 aromatic rings. The van der Waals surface area contributed by atoms with Crippen LogP contribution in [0, 0.1) is 0 Å². The van der Waals surface area contributed by atoms with Crippen LogP contribution in [0.4, 0.5) is 8.78 Å². The molecule has 0 bridgehead atoms. The fraction of sp³-hybridized carbons (Fsp3) is 0.409. The average molecular weight is 565 g/mol. The lowest BCUT2D eigenvalue weighted by Gasteiger charge is -2.14. The van der Waals surface area contributed by atoms with Crippen LogP contribution in [0.3, 0.4) is 0 Å². The minimum absolute atomic E-state index is 0. The van der Waals surface area contributed by atoms with Crippen molar-refractivity contribution in [2.45, 2.75) is 26.5 Å². The van der Waals surface area contributed by atoms with Crippen LogP contribution >= 0.6 is 24.0 Å². The first-order valence-corrected chi connectivity index (χ1v) is 9.85. The Balaban J connectivity index is 0.00000512. The summed E-state index contributed by atoms with van der Waals surface area (Å²) in [6.45, 7) is 0.770. The number of nitrogens with zero attached hydrogens (tertiary/aromatic N) is 1. The smallest absolute Gasteiger partial charge is 0.387 e. The maximum Gasteiger partial charge on any atom is 0.387 e. The van der Waals surface area contributed by atoms with Crippen molar-refractivity contribution in [2.75, 3.05) is 34.4 Å². The summed E-state index contributed by atoms with van der Waals surface area (Å²) in [4.78, 5) is 4.58. The summed E-state index contributed by atoms with van der Waals surface area (Å²) in [5.74, 6) is 2.24. The lowest BCUT2D eigenvalue weighted by molar-refractivity contribution is -0.0512. The minimum atomic E-state index is -2.91. The van der Waals surface area contributed by atoms with E-state index < -0.39 is 6.61 Å². The fourth-order valence-corrected chi connectivity index (χ4v) is 2.88. The number of nitrogens with one attached hydrogen (secondary N) is 2. The SMILES string of the molecule is CCNC(=NCc1ccc(OC)c(OC)c1)NCCc1ccc(OC)c(OC(F)F)c1.I. The quantitative estimate of drug-likeness (QED) is 0.242. The van der Waals surface area contributed by atoms with Gasteiger partial charge < -0.3 is 29.6 Å². The molecule has 0 spiro atoms. The van der Waals surface area contributed by atoms with E-state index in [2.05, 4.69) is 20.4 Å². The monoisotopic (exact) mass is 565 g/mol. The van der Waals surface area contributed by atoms with Crippen LogP contribution < -0.4 is 29.6 Å². The predicted octanol–water partition coefficient (Wildman–Crippen LogP) is 4.23. The normalized spacial score (nSPS) is 10.9. The predicted molar refractivity (Wildman–Crippen MR) is 131 cm³/mol. The van der Waals surface area contributed by atoms with Crippen molar-refractivity contribution in [3.05, 3.63) is 47.5 Å². The van der Waals surface area contributed by atoms with E-state index in [1.807, 2.05) is 31.2 Å². The van der Waals surface area contributed by atoms with E-state index in [-0.39, 0.29) is 35.5 Å². The van der Waals surface area contributed by atoms with Crippen molar-refractivity contribution in [1.29, 1.82) is 0 Å². The van der Waals surface area contributed by atoms with E-state index >= 15 is 0 Å². The standard InChI is InChI=1S/C22H29F2N3O4.HI/c1-5-25-22(27-14-16-7-9-17(28-2)19(13-16)30-4)26-11-10-15-6-8-18(29-3)20(12-15)31-21(23)24;/h6-9,12-13,21H,5,10-11,14H2,1-4H3,(H2,25,26,27);1H. The Kier molecular flexibility index (Phi) is 12.5. The zero-order valence-electron chi connectivity index (χ0n) is 18.6. The topological polar surface area (TPSA) is 73.3 Å². The van der Waals surface area contributed by atoms with Gasteiger partial charge in [0.25, 0.3) is 0 Å². The number of guanidine groups is 1. The molecule has 0 aromatic heterocycles. The van der Waals surface area contributed by atoms with Gasteiger partial charge >= 0.3 is 6.61 Å². The van der Waals surface area contributed by atoms with Crippen molar-refractivity contribution < 1.29 is 27.7 Å². The van der Waals surface area contributed by atoms with Crippen molar-refractivity contribution in [1.82, 2.24) is 10.6 Å². The van der Waals surface area contributed by atoms with Crippen LogP contribution in [0.1, 0.15) is 18.1 Å². The highest BCUT2D eigenvalue weighted by atomic mass is 127. The summed E-state index contributed by atoms with van der Waals surface area (Å²) in [7, 11) is 4.59. The molecule has 2 N–H and O–H groups in total. The number of hydrogen-bond acceptors (Lipinski definition) is 5. The second-order valence-corrected chi connectivity index (χ2v) is 6.42. The third-order valence-electron chi connectivity index (χ3n) is 4.36. The van der Waals surface area contributed by atoms with Crippen molar-refractivity contribution >= 4 is 29.9 Å². The molecule has 0 amide bonds. The zero-order valence-corrected chi connectivity index (χ0v) is 20.9. The molecule has 0 aliphatic rings. The van der Waals surface area contributed by atoms with Crippen molar-refractivity contribution in [2.24, 2.45) is 4.99 Å². The van der Waals surface area contributed by atoms with E-state index in [1.54, 1.807) is 26.4 Å². The lowest BCUT2D eigenvalue weighted by Crippen LogP contribution is -2.38. The molecule has 0 fully saturated rings. The summed E-state index contributed by atoms with van der Waals surface area (Å²) >= 11 is 0. The van der Waals surface area contributed by atoms with Gasteiger partial charge in [0, 0.05) is 13.1 Å². The van der Waals surface area contributed by atoms with E-state index in [0.29, 0.717) is 43.5 Å². The van der Waals surface area contributed by atoms with E-state index in [4.69, 9.17) is 14.2 Å². The molecule has 0 unspecified atom stereocenters. The molecule has 7 nitrogen and oxygen atoms in total.